The summed E-state index contributed by atoms with van der Waals surface area (Å²) in [5.41, 5.74) is 1.02. The van der Waals surface area contributed by atoms with Gasteiger partial charge in [0.15, 0.2) is 6.04 Å². The molecule has 2 aromatic rings. The normalized spacial score (nSPS) is 13.2. The van der Waals surface area contributed by atoms with E-state index < -0.39 is 26.4 Å². The molecule has 0 bridgehead atoms. The molecule has 2 heterocycles. The molecule has 0 saturated carbocycles. The number of hydrogen-bond acceptors (Lipinski definition) is 7. The highest BCUT2D eigenvalue weighted by atomic mass is 31.2. The van der Waals surface area contributed by atoms with Crippen LogP contribution in [0.3, 0.4) is 0 Å². The molecule has 0 spiro atoms. The number of nitrogens with one attached hydrogen (secondary N) is 1. The lowest BCUT2D eigenvalue weighted by molar-refractivity contribution is -0.138. The van der Waals surface area contributed by atoms with Crippen molar-refractivity contribution < 1.29 is 33.9 Å². The van der Waals surface area contributed by atoms with Crippen molar-refractivity contribution in [3.05, 3.63) is 41.2 Å². The Morgan fingerprint density at radius 2 is 2.19 bits per heavy atom. The van der Waals surface area contributed by atoms with E-state index in [9.17, 15) is 19.6 Å². The number of phosphoric acid groups is 1. The van der Waals surface area contributed by atoms with E-state index in [1.807, 2.05) is 0 Å². The lowest BCUT2D eigenvalue weighted by atomic mass is 10.1. The molecule has 11 nitrogen and oxygen atoms in total. The van der Waals surface area contributed by atoms with Gasteiger partial charge in [-0.2, -0.15) is 0 Å². The Bertz CT molecular complexity index is 847. The molecule has 0 aliphatic heterocycles. The highest BCUT2D eigenvalue weighted by Gasteiger charge is 2.20. The van der Waals surface area contributed by atoms with Crippen LogP contribution in [0.4, 0.5) is 0 Å². The van der Waals surface area contributed by atoms with Gasteiger partial charge < -0.3 is 25.0 Å². The summed E-state index contributed by atoms with van der Waals surface area (Å²) >= 11 is 0. The average molecular weight is 384 g/mol. The SMILES string of the molecule is Cc1ncc(COP(=O)(O)O)c(C=N[C@H](Cc2cnc[nH]2)C(=O)O)c1O. The summed E-state index contributed by atoms with van der Waals surface area (Å²) in [5.74, 6) is -1.47. The smallest absolute Gasteiger partial charge is 0.469 e. The average Bonchev–Trinajstić information content (AvgIpc) is 3.05. The lowest BCUT2D eigenvalue weighted by Gasteiger charge is -2.11. The zero-order valence-corrected chi connectivity index (χ0v) is 14.5. The number of imidazole rings is 1. The van der Waals surface area contributed by atoms with Crippen LogP contribution in [-0.2, 0) is 26.9 Å². The quantitative estimate of drug-likeness (QED) is 0.321. The Morgan fingerprint density at radius 3 is 2.77 bits per heavy atom. The fourth-order valence-electron chi connectivity index (χ4n) is 2.04. The molecule has 0 aliphatic rings. The van der Waals surface area contributed by atoms with Crippen LogP contribution in [0.15, 0.2) is 23.7 Å². The van der Waals surface area contributed by atoms with Crippen molar-refractivity contribution in [2.24, 2.45) is 4.99 Å². The minimum atomic E-state index is -4.73. The molecule has 0 fully saturated rings. The van der Waals surface area contributed by atoms with E-state index in [1.54, 1.807) is 0 Å². The van der Waals surface area contributed by atoms with Crippen LogP contribution in [0.2, 0.25) is 0 Å². The maximum atomic E-state index is 11.4. The van der Waals surface area contributed by atoms with Crippen LogP contribution in [-0.4, -0.2) is 53.2 Å². The maximum absolute atomic E-state index is 11.4. The summed E-state index contributed by atoms with van der Waals surface area (Å²) in [6.07, 6.45) is 5.31. The summed E-state index contributed by atoms with van der Waals surface area (Å²) in [6.45, 7) is 0.977. The number of hydrogen-bond donors (Lipinski definition) is 5. The second kappa shape index (κ2) is 8.19. The van der Waals surface area contributed by atoms with Crippen molar-refractivity contribution >= 4 is 20.0 Å². The summed E-state index contributed by atoms with van der Waals surface area (Å²) in [7, 11) is -4.73. The van der Waals surface area contributed by atoms with Crippen LogP contribution in [0.1, 0.15) is 22.5 Å². The van der Waals surface area contributed by atoms with Crippen molar-refractivity contribution in [1.82, 2.24) is 15.0 Å². The molecule has 0 saturated heterocycles. The van der Waals surface area contributed by atoms with Crippen molar-refractivity contribution in [1.29, 1.82) is 0 Å². The van der Waals surface area contributed by atoms with E-state index in [0.717, 1.165) is 6.21 Å². The Hall–Kier alpha value is -2.59. The first kappa shape index (κ1) is 19.7. The third-order valence-electron chi connectivity index (χ3n) is 3.38. The molecule has 2 aromatic heterocycles. The Balaban J connectivity index is 2.29. The molecule has 0 amide bonds. The minimum Gasteiger partial charge on any atom is -0.505 e. The second-order valence-corrected chi connectivity index (χ2v) is 6.55. The first-order chi connectivity index (χ1) is 12.2. The first-order valence-electron chi connectivity index (χ1n) is 7.28. The maximum Gasteiger partial charge on any atom is 0.469 e. The van der Waals surface area contributed by atoms with E-state index in [2.05, 4.69) is 24.5 Å². The fourth-order valence-corrected chi connectivity index (χ4v) is 2.35. The number of carbonyl (C=O) groups is 1. The van der Waals surface area contributed by atoms with Gasteiger partial charge in [-0.1, -0.05) is 0 Å². The van der Waals surface area contributed by atoms with Gasteiger partial charge in [-0.25, -0.2) is 14.3 Å². The number of carboxylic acid groups (broad SMARTS) is 1. The Morgan fingerprint density at radius 1 is 1.46 bits per heavy atom. The number of aliphatic imine (C=N–C) groups is 1. The Labute approximate surface area is 147 Å². The van der Waals surface area contributed by atoms with Crippen LogP contribution in [0.5, 0.6) is 5.75 Å². The standard InChI is InChI=1S/C14H17N4O7P/c1-8-13(19)11(9(3-16-8)6-25-26(22,23)24)5-17-12(14(20)21)2-10-4-15-7-18-10/h3-5,7,12,19H,2,6H2,1H3,(H,15,18)(H,20,21)(H2,22,23,24)/t12-/m1/s1. The number of aromatic nitrogens is 3. The molecular weight excluding hydrogens is 367 g/mol. The molecule has 0 aromatic carbocycles. The minimum absolute atomic E-state index is 0.0466. The van der Waals surface area contributed by atoms with E-state index in [1.165, 1.54) is 25.6 Å². The van der Waals surface area contributed by atoms with E-state index in [-0.39, 0.29) is 29.0 Å². The van der Waals surface area contributed by atoms with Crippen LogP contribution in [0.25, 0.3) is 0 Å². The van der Waals surface area contributed by atoms with Gasteiger partial charge in [-0.15, -0.1) is 0 Å². The predicted octanol–water partition coefficient (Wildman–Crippen LogP) is 0.543. The molecule has 26 heavy (non-hydrogen) atoms. The topological polar surface area (TPSA) is 178 Å². The number of aryl methyl sites for hydroxylation is 1. The number of rotatable bonds is 8. The van der Waals surface area contributed by atoms with Crippen molar-refractivity contribution in [2.45, 2.75) is 26.0 Å². The zero-order valence-electron chi connectivity index (χ0n) is 13.6. The van der Waals surface area contributed by atoms with Crippen LogP contribution < -0.4 is 0 Å². The van der Waals surface area contributed by atoms with Crippen molar-refractivity contribution in [3.8, 4) is 5.75 Å². The fraction of sp³-hybridized carbons (Fsp3) is 0.286. The van der Waals surface area contributed by atoms with Gasteiger partial charge in [0.25, 0.3) is 0 Å². The predicted molar refractivity (Wildman–Crippen MR) is 88.8 cm³/mol. The van der Waals surface area contributed by atoms with Crippen molar-refractivity contribution in [3.63, 3.8) is 0 Å². The summed E-state index contributed by atoms with van der Waals surface area (Å²) < 4.78 is 15.3. The molecule has 1 atom stereocenters. The molecule has 0 unspecified atom stereocenters. The van der Waals surface area contributed by atoms with Gasteiger partial charge in [-0.05, 0) is 6.92 Å². The van der Waals surface area contributed by atoms with Crippen LogP contribution >= 0.6 is 7.82 Å². The van der Waals surface area contributed by atoms with Crippen LogP contribution in [0, 0.1) is 6.92 Å². The van der Waals surface area contributed by atoms with Gasteiger partial charge in [0, 0.05) is 41.8 Å². The zero-order chi connectivity index (χ0) is 19.3. The summed E-state index contributed by atoms with van der Waals surface area (Å²) in [5, 5.41) is 19.5. The van der Waals surface area contributed by atoms with E-state index in [0.29, 0.717) is 5.69 Å². The number of phosphoric ester groups is 1. The van der Waals surface area contributed by atoms with E-state index in [4.69, 9.17) is 9.79 Å². The molecule has 140 valence electrons. The largest absolute Gasteiger partial charge is 0.505 e. The van der Waals surface area contributed by atoms with Gasteiger partial charge in [0.05, 0.1) is 18.6 Å². The van der Waals surface area contributed by atoms with Crippen molar-refractivity contribution in [2.75, 3.05) is 0 Å². The van der Waals surface area contributed by atoms with Gasteiger partial charge >= 0.3 is 13.8 Å². The van der Waals surface area contributed by atoms with Gasteiger partial charge in [-0.3, -0.25) is 14.5 Å². The number of carboxylic acids is 1. The number of aromatic hydroxyl groups is 1. The molecule has 0 aliphatic carbocycles. The number of aromatic amines is 1. The summed E-state index contributed by atoms with van der Waals surface area (Å²) in [6, 6.07) is -1.15. The number of nitrogens with zero attached hydrogens (tertiary/aromatic N) is 3. The molecule has 2 rings (SSSR count). The third-order valence-corrected chi connectivity index (χ3v) is 3.85. The number of H-pyrrole nitrogens is 1. The molecule has 12 heteroatoms. The highest BCUT2D eigenvalue weighted by molar-refractivity contribution is 7.46. The molecule has 0 radical (unpaired) electrons. The third kappa shape index (κ3) is 5.46. The molecule has 5 N–H and O–H groups in total. The van der Waals surface area contributed by atoms with Gasteiger partial charge in [0.2, 0.25) is 0 Å². The Kier molecular flexibility index (Phi) is 6.22. The first-order valence-corrected chi connectivity index (χ1v) is 8.81. The van der Waals surface area contributed by atoms with E-state index >= 15 is 0 Å². The lowest BCUT2D eigenvalue weighted by Crippen LogP contribution is -2.21. The van der Waals surface area contributed by atoms with Gasteiger partial charge in [0.1, 0.15) is 5.75 Å². The number of aliphatic carboxylic acids is 1. The molecular formula is C14H17N4O7P. The highest BCUT2D eigenvalue weighted by Crippen LogP contribution is 2.37. The second-order valence-electron chi connectivity index (χ2n) is 5.31. The number of pyridine rings is 1. The monoisotopic (exact) mass is 384 g/mol. The summed E-state index contributed by atoms with van der Waals surface area (Å²) in [4.78, 5) is 43.4.